The monoisotopic (exact) mass is 483 g/mol. The van der Waals surface area contributed by atoms with Crippen molar-refractivity contribution in [3.05, 3.63) is 83.2 Å². The van der Waals surface area contributed by atoms with Crippen LogP contribution in [-0.2, 0) is 33.4 Å². The Morgan fingerprint density at radius 3 is 2.50 bits per heavy atom. The van der Waals surface area contributed by atoms with Crippen molar-refractivity contribution < 1.29 is 17.9 Å². The molecule has 2 aromatic carbocycles. The zero-order valence-electron chi connectivity index (χ0n) is 20.3. The first-order chi connectivity index (χ1) is 16.2. The van der Waals surface area contributed by atoms with Crippen molar-refractivity contribution in [1.82, 2.24) is 14.5 Å². The van der Waals surface area contributed by atoms with Gasteiger partial charge in [-0.15, -0.1) is 0 Å². The summed E-state index contributed by atoms with van der Waals surface area (Å²) >= 11 is 0. The van der Waals surface area contributed by atoms with Gasteiger partial charge in [0.25, 0.3) is 5.91 Å². The van der Waals surface area contributed by atoms with E-state index in [0.717, 1.165) is 11.1 Å². The minimum atomic E-state index is -3.69. The van der Waals surface area contributed by atoms with Crippen LogP contribution in [0, 0.1) is 12.8 Å². The van der Waals surface area contributed by atoms with E-state index in [1.54, 1.807) is 34.9 Å². The van der Waals surface area contributed by atoms with Crippen LogP contribution in [0.5, 0.6) is 0 Å². The Labute approximate surface area is 202 Å². The lowest BCUT2D eigenvalue weighted by Gasteiger charge is -2.24. The Morgan fingerprint density at radius 2 is 1.85 bits per heavy atom. The number of methoxy groups -OCH3 is 1. The van der Waals surface area contributed by atoms with Gasteiger partial charge in [0.05, 0.1) is 30.8 Å². The number of benzene rings is 2. The second kappa shape index (κ2) is 11.4. The highest BCUT2D eigenvalue weighted by atomic mass is 32.2. The van der Waals surface area contributed by atoms with E-state index < -0.39 is 9.84 Å². The molecular formula is C26H33N3O4S. The number of ether oxygens (including phenoxy) is 1. The average Bonchev–Trinajstić information content (AvgIpc) is 3.18. The molecule has 3 aromatic rings. The van der Waals surface area contributed by atoms with Crippen LogP contribution in [0.2, 0.25) is 0 Å². The van der Waals surface area contributed by atoms with Gasteiger partial charge >= 0.3 is 0 Å². The van der Waals surface area contributed by atoms with Crippen molar-refractivity contribution in [2.75, 3.05) is 20.3 Å². The number of nitrogens with zero attached hydrogens (tertiary/aromatic N) is 3. The second-order valence-electron chi connectivity index (χ2n) is 8.87. The topological polar surface area (TPSA) is 81.5 Å². The summed E-state index contributed by atoms with van der Waals surface area (Å²) in [5.74, 6) is -0.0724. The Hall–Kier alpha value is -2.97. The maximum Gasteiger partial charge on any atom is 0.254 e. The standard InChI is InChI=1S/C26H33N3O4S/c1-20(2)17-29-24(18-28(13-14-33-4)25(30)23-11-6-5-7-12-23)16-27-26(29)34(31,32)19-22-10-8-9-21(3)15-22/h5-12,15-16,20H,13-14,17-19H2,1-4H3. The molecule has 0 saturated carbocycles. The average molecular weight is 484 g/mol. The molecule has 0 unspecified atom stereocenters. The summed E-state index contributed by atoms with van der Waals surface area (Å²) in [6, 6.07) is 16.5. The maximum absolute atomic E-state index is 13.4. The lowest BCUT2D eigenvalue weighted by Crippen LogP contribution is -2.34. The summed E-state index contributed by atoms with van der Waals surface area (Å²) in [6.45, 7) is 7.45. The molecule has 0 N–H and O–H groups in total. The summed E-state index contributed by atoms with van der Waals surface area (Å²) in [5.41, 5.74) is 2.98. The summed E-state index contributed by atoms with van der Waals surface area (Å²) in [6.07, 6.45) is 1.57. The molecule has 0 saturated heterocycles. The van der Waals surface area contributed by atoms with Crippen LogP contribution in [-0.4, -0.2) is 49.0 Å². The van der Waals surface area contributed by atoms with Crippen LogP contribution in [0.4, 0.5) is 0 Å². The number of hydrogen-bond donors (Lipinski definition) is 0. The predicted octanol–water partition coefficient (Wildman–Crippen LogP) is 4.11. The minimum Gasteiger partial charge on any atom is -0.383 e. The molecule has 182 valence electrons. The zero-order valence-corrected chi connectivity index (χ0v) is 21.1. The fourth-order valence-electron chi connectivity index (χ4n) is 3.83. The lowest BCUT2D eigenvalue weighted by molar-refractivity contribution is 0.0675. The van der Waals surface area contributed by atoms with Crippen LogP contribution in [0.25, 0.3) is 0 Å². The number of aromatic nitrogens is 2. The molecule has 0 aliphatic carbocycles. The van der Waals surface area contributed by atoms with Crippen LogP contribution in [0.15, 0.2) is 66.0 Å². The highest BCUT2D eigenvalue weighted by molar-refractivity contribution is 7.90. The lowest BCUT2D eigenvalue weighted by atomic mass is 10.2. The van der Waals surface area contributed by atoms with Gasteiger partial charge in [-0.2, -0.15) is 0 Å². The van der Waals surface area contributed by atoms with Gasteiger partial charge < -0.3 is 14.2 Å². The van der Waals surface area contributed by atoms with E-state index in [0.29, 0.717) is 31.0 Å². The molecule has 0 fully saturated rings. The van der Waals surface area contributed by atoms with E-state index in [-0.39, 0.29) is 29.3 Å². The largest absolute Gasteiger partial charge is 0.383 e. The molecule has 3 rings (SSSR count). The summed E-state index contributed by atoms with van der Waals surface area (Å²) < 4.78 is 33.7. The molecule has 1 aromatic heterocycles. The molecule has 34 heavy (non-hydrogen) atoms. The predicted molar refractivity (Wildman–Crippen MR) is 132 cm³/mol. The number of imidazole rings is 1. The van der Waals surface area contributed by atoms with Crippen LogP contribution >= 0.6 is 0 Å². The number of carbonyl (C=O) groups is 1. The summed E-state index contributed by atoms with van der Waals surface area (Å²) in [4.78, 5) is 19.2. The molecule has 1 heterocycles. The molecular weight excluding hydrogens is 450 g/mol. The van der Waals surface area contributed by atoms with Crippen molar-refractivity contribution >= 4 is 15.7 Å². The van der Waals surface area contributed by atoms with Gasteiger partial charge in [-0.05, 0) is 30.5 Å². The highest BCUT2D eigenvalue weighted by Crippen LogP contribution is 2.21. The van der Waals surface area contributed by atoms with Gasteiger partial charge in [-0.25, -0.2) is 13.4 Å². The Morgan fingerprint density at radius 1 is 1.12 bits per heavy atom. The molecule has 7 nitrogen and oxygen atoms in total. The van der Waals surface area contributed by atoms with E-state index in [1.165, 1.54) is 0 Å². The first kappa shape index (κ1) is 25.6. The number of amides is 1. The molecule has 0 bridgehead atoms. The van der Waals surface area contributed by atoms with Crippen molar-refractivity contribution in [3.63, 3.8) is 0 Å². The van der Waals surface area contributed by atoms with E-state index in [2.05, 4.69) is 4.98 Å². The molecule has 0 spiro atoms. The third-order valence-electron chi connectivity index (χ3n) is 5.39. The van der Waals surface area contributed by atoms with Gasteiger partial charge in [0.15, 0.2) is 0 Å². The SMILES string of the molecule is COCCN(Cc1cnc(S(=O)(=O)Cc2cccc(C)c2)n1CC(C)C)C(=O)c1ccccc1. The Balaban J connectivity index is 1.94. The van der Waals surface area contributed by atoms with Crippen molar-refractivity contribution in [2.24, 2.45) is 5.92 Å². The maximum atomic E-state index is 13.4. The quantitative estimate of drug-likeness (QED) is 0.410. The number of aryl methyl sites for hydroxylation is 1. The van der Waals surface area contributed by atoms with Gasteiger partial charge in [0, 0.05) is 25.8 Å². The third-order valence-corrected chi connectivity index (χ3v) is 6.99. The molecule has 0 radical (unpaired) electrons. The number of hydrogen-bond acceptors (Lipinski definition) is 5. The van der Waals surface area contributed by atoms with E-state index in [9.17, 15) is 13.2 Å². The zero-order chi connectivity index (χ0) is 24.7. The Bertz CT molecular complexity index is 1200. The number of sulfone groups is 1. The van der Waals surface area contributed by atoms with E-state index >= 15 is 0 Å². The van der Waals surface area contributed by atoms with Crippen LogP contribution in [0.3, 0.4) is 0 Å². The fourth-order valence-corrected chi connectivity index (χ4v) is 5.31. The summed E-state index contributed by atoms with van der Waals surface area (Å²) in [5, 5.41) is 0.0385. The normalized spacial score (nSPS) is 11.7. The van der Waals surface area contributed by atoms with Gasteiger partial charge in [-0.3, -0.25) is 4.79 Å². The smallest absolute Gasteiger partial charge is 0.254 e. The van der Waals surface area contributed by atoms with Crippen molar-refractivity contribution in [3.8, 4) is 0 Å². The number of carbonyl (C=O) groups excluding carboxylic acids is 1. The second-order valence-corrected chi connectivity index (χ2v) is 10.8. The molecule has 0 aliphatic rings. The molecule has 0 atom stereocenters. The first-order valence-electron chi connectivity index (χ1n) is 11.4. The van der Waals surface area contributed by atoms with E-state index in [4.69, 9.17) is 4.74 Å². The highest BCUT2D eigenvalue weighted by Gasteiger charge is 2.26. The van der Waals surface area contributed by atoms with Crippen molar-refractivity contribution in [2.45, 2.75) is 44.8 Å². The third kappa shape index (κ3) is 6.55. The molecule has 0 aliphatic heterocycles. The number of rotatable bonds is 11. The molecule has 1 amide bonds. The van der Waals surface area contributed by atoms with Crippen LogP contribution in [0.1, 0.15) is 41.0 Å². The van der Waals surface area contributed by atoms with Crippen molar-refractivity contribution in [1.29, 1.82) is 0 Å². The van der Waals surface area contributed by atoms with Crippen LogP contribution < -0.4 is 0 Å². The van der Waals surface area contributed by atoms with Gasteiger partial charge in [0.1, 0.15) is 0 Å². The van der Waals surface area contributed by atoms with Gasteiger partial charge in [0.2, 0.25) is 15.0 Å². The Kier molecular flexibility index (Phi) is 8.63. The molecule has 8 heteroatoms. The van der Waals surface area contributed by atoms with Gasteiger partial charge in [-0.1, -0.05) is 61.9 Å². The van der Waals surface area contributed by atoms with E-state index in [1.807, 2.05) is 63.2 Å². The first-order valence-corrected chi connectivity index (χ1v) is 13.0. The summed E-state index contributed by atoms with van der Waals surface area (Å²) in [7, 11) is -2.10. The minimum absolute atomic E-state index is 0.0385. The fraction of sp³-hybridized carbons (Fsp3) is 0.385.